The van der Waals surface area contributed by atoms with E-state index in [1.165, 1.54) is 7.11 Å². The van der Waals surface area contributed by atoms with Crippen LogP contribution >= 0.6 is 7.14 Å². The molecular weight excluding hydrogens is 437 g/mol. The molecule has 33 heavy (non-hydrogen) atoms. The Bertz CT molecular complexity index is 1160. The molecule has 0 saturated heterocycles. The van der Waals surface area contributed by atoms with Gasteiger partial charge in [-0.05, 0) is 61.0 Å². The Kier molecular flexibility index (Phi) is 8.07. The minimum absolute atomic E-state index is 0.115. The summed E-state index contributed by atoms with van der Waals surface area (Å²) in [6, 6.07) is 17.4. The topological polar surface area (TPSA) is 74.7 Å². The molecule has 3 aromatic rings. The van der Waals surface area contributed by atoms with Crippen LogP contribution in [0, 0.1) is 0 Å². The molecule has 0 radical (unpaired) electrons. The predicted molar refractivity (Wildman–Crippen MR) is 132 cm³/mol. The highest BCUT2D eigenvalue weighted by atomic mass is 31.2. The molecule has 172 valence electrons. The number of hydrogen-bond acceptors (Lipinski definition) is 6. The van der Waals surface area contributed by atoms with Crippen molar-refractivity contribution in [3.63, 3.8) is 0 Å². The van der Waals surface area contributed by atoms with Crippen LogP contribution in [0.1, 0.15) is 25.3 Å². The SMILES string of the molecule is C=C(C(=O)OCCCC)c1cc(OC)ccc1P(=O)(c1ccc(OC)cc1)c1ccccn1. The highest BCUT2D eigenvalue weighted by Gasteiger charge is 2.35. The van der Waals surface area contributed by atoms with Crippen LogP contribution in [-0.4, -0.2) is 31.8 Å². The quantitative estimate of drug-likeness (QED) is 0.194. The summed E-state index contributed by atoms with van der Waals surface area (Å²) in [5, 5.41) is 0.991. The van der Waals surface area contributed by atoms with Crippen molar-refractivity contribution in [2.75, 3.05) is 20.8 Å². The standard InChI is InChI=1S/C26H28NO5P/c1-5-6-17-32-26(28)19(2)23-18-21(31-4)12-15-24(23)33(29,25-9-7-8-16-27-25)22-13-10-20(30-3)11-14-22/h7-16,18H,2,5-6,17H2,1,3-4H3. The predicted octanol–water partition coefficient (Wildman–Crippen LogP) is 4.09. The normalized spacial score (nSPS) is 12.5. The van der Waals surface area contributed by atoms with Gasteiger partial charge in [-0.3, -0.25) is 4.98 Å². The lowest BCUT2D eigenvalue weighted by molar-refractivity contribution is -0.136. The number of ether oxygens (including phenoxy) is 3. The average Bonchev–Trinajstić information content (AvgIpc) is 2.88. The summed E-state index contributed by atoms with van der Waals surface area (Å²) in [5.74, 6) is 0.601. The van der Waals surface area contributed by atoms with Crippen molar-refractivity contribution in [2.24, 2.45) is 0 Å². The van der Waals surface area contributed by atoms with Gasteiger partial charge in [-0.15, -0.1) is 0 Å². The van der Waals surface area contributed by atoms with Crippen molar-refractivity contribution in [1.29, 1.82) is 0 Å². The van der Waals surface area contributed by atoms with E-state index in [9.17, 15) is 9.36 Å². The van der Waals surface area contributed by atoms with Gasteiger partial charge in [0, 0.05) is 22.4 Å². The van der Waals surface area contributed by atoms with Crippen LogP contribution in [0.25, 0.3) is 5.57 Å². The third kappa shape index (κ3) is 5.18. The average molecular weight is 465 g/mol. The maximum atomic E-state index is 14.9. The number of unbranched alkanes of at least 4 members (excludes halogenated alkanes) is 1. The van der Waals surface area contributed by atoms with E-state index in [1.807, 2.05) is 6.92 Å². The number of hydrogen-bond donors (Lipinski definition) is 0. The molecule has 0 amide bonds. The van der Waals surface area contributed by atoms with Crippen LogP contribution in [0.2, 0.25) is 0 Å². The molecule has 0 saturated carbocycles. The maximum Gasteiger partial charge on any atom is 0.338 e. The van der Waals surface area contributed by atoms with Crippen molar-refractivity contribution < 1.29 is 23.6 Å². The summed E-state index contributed by atoms with van der Waals surface area (Å²) in [7, 11) is -0.388. The molecular formula is C26H28NO5P. The van der Waals surface area contributed by atoms with Gasteiger partial charge in [-0.2, -0.15) is 0 Å². The van der Waals surface area contributed by atoms with E-state index in [0.29, 0.717) is 39.7 Å². The van der Waals surface area contributed by atoms with Gasteiger partial charge in [-0.25, -0.2) is 4.79 Å². The second-order valence-electron chi connectivity index (χ2n) is 7.35. The van der Waals surface area contributed by atoms with Crippen LogP contribution in [0.4, 0.5) is 0 Å². The third-order valence-corrected chi connectivity index (χ3v) is 8.26. The second kappa shape index (κ2) is 11.0. The lowest BCUT2D eigenvalue weighted by Crippen LogP contribution is -2.29. The zero-order valence-electron chi connectivity index (χ0n) is 19.1. The number of rotatable bonds is 10. The molecule has 6 nitrogen and oxygen atoms in total. The zero-order chi connectivity index (χ0) is 23.8. The summed E-state index contributed by atoms with van der Waals surface area (Å²) in [6.45, 7) is 6.29. The van der Waals surface area contributed by atoms with E-state index in [2.05, 4.69) is 11.6 Å². The zero-order valence-corrected chi connectivity index (χ0v) is 20.0. The molecule has 1 atom stereocenters. The fraction of sp³-hybridized carbons (Fsp3) is 0.231. The summed E-state index contributed by atoms with van der Waals surface area (Å²) < 4.78 is 30.9. The van der Waals surface area contributed by atoms with E-state index in [0.717, 1.165) is 12.8 Å². The van der Waals surface area contributed by atoms with Crippen LogP contribution < -0.4 is 25.5 Å². The third-order valence-electron chi connectivity index (χ3n) is 5.25. The Morgan fingerprint density at radius 2 is 1.70 bits per heavy atom. The Morgan fingerprint density at radius 1 is 1.00 bits per heavy atom. The maximum absolute atomic E-state index is 14.9. The summed E-state index contributed by atoms with van der Waals surface area (Å²) in [4.78, 5) is 17.2. The number of carbonyl (C=O) groups excluding carboxylic acids is 1. The van der Waals surface area contributed by atoms with Gasteiger partial charge in [0.05, 0.1) is 26.4 Å². The van der Waals surface area contributed by atoms with Gasteiger partial charge in [-0.1, -0.05) is 26.0 Å². The van der Waals surface area contributed by atoms with E-state index >= 15 is 0 Å². The number of nitrogens with zero attached hydrogens (tertiary/aromatic N) is 1. The first-order chi connectivity index (χ1) is 15.9. The Hall–Kier alpha value is -3.37. The smallest absolute Gasteiger partial charge is 0.338 e. The van der Waals surface area contributed by atoms with Gasteiger partial charge in [0.15, 0.2) is 7.14 Å². The number of carbonyl (C=O) groups is 1. The summed E-state index contributed by atoms with van der Waals surface area (Å²) >= 11 is 0. The fourth-order valence-electron chi connectivity index (χ4n) is 3.39. The molecule has 1 heterocycles. The highest BCUT2D eigenvalue weighted by Crippen LogP contribution is 2.44. The Balaban J connectivity index is 2.21. The number of pyridine rings is 1. The largest absolute Gasteiger partial charge is 0.497 e. The minimum atomic E-state index is -3.49. The number of aromatic nitrogens is 1. The molecule has 0 N–H and O–H groups in total. The molecule has 1 aromatic heterocycles. The molecule has 0 aliphatic carbocycles. The van der Waals surface area contributed by atoms with Crippen molar-refractivity contribution in [2.45, 2.75) is 19.8 Å². The molecule has 0 spiro atoms. The van der Waals surface area contributed by atoms with Crippen molar-refractivity contribution in [1.82, 2.24) is 4.98 Å². The molecule has 2 aromatic carbocycles. The van der Waals surface area contributed by atoms with Gasteiger partial charge >= 0.3 is 5.97 Å². The highest BCUT2D eigenvalue weighted by molar-refractivity contribution is 7.85. The molecule has 3 rings (SSSR count). The molecule has 0 aliphatic rings. The van der Waals surface area contributed by atoms with Crippen LogP contribution in [0.5, 0.6) is 11.5 Å². The molecule has 7 heteroatoms. The molecule has 0 fully saturated rings. The van der Waals surface area contributed by atoms with Crippen molar-refractivity contribution in [3.05, 3.63) is 79.0 Å². The molecule has 1 unspecified atom stereocenters. The fourth-order valence-corrected chi connectivity index (χ4v) is 6.10. The van der Waals surface area contributed by atoms with Crippen LogP contribution in [-0.2, 0) is 14.1 Å². The first-order valence-electron chi connectivity index (χ1n) is 10.7. The molecule has 0 bridgehead atoms. The van der Waals surface area contributed by atoms with Gasteiger partial charge in [0.1, 0.15) is 16.9 Å². The van der Waals surface area contributed by atoms with Gasteiger partial charge < -0.3 is 18.8 Å². The van der Waals surface area contributed by atoms with Crippen molar-refractivity contribution in [3.8, 4) is 11.5 Å². The van der Waals surface area contributed by atoms with Gasteiger partial charge in [0.2, 0.25) is 0 Å². The number of methoxy groups -OCH3 is 2. The minimum Gasteiger partial charge on any atom is -0.497 e. The number of esters is 1. The van der Waals surface area contributed by atoms with Crippen LogP contribution in [0.15, 0.2) is 73.4 Å². The Morgan fingerprint density at radius 3 is 2.30 bits per heavy atom. The lowest BCUT2D eigenvalue weighted by atomic mass is 10.1. The summed E-state index contributed by atoms with van der Waals surface area (Å²) in [5.41, 5.74) is 0.916. The second-order valence-corrected chi connectivity index (χ2v) is 10.0. The summed E-state index contributed by atoms with van der Waals surface area (Å²) in [6.07, 6.45) is 3.25. The first kappa shape index (κ1) is 24.3. The first-order valence-corrected chi connectivity index (χ1v) is 12.4. The van der Waals surface area contributed by atoms with Crippen molar-refractivity contribution >= 4 is 34.7 Å². The van der Waals surface area contributed by atoms with E-state index in [-0.39, 0.29) is 5.57 Å². The van der Waals surface area contributed by atoms with E-state index in [1.54, 1.807) is 74.0 Å². The van der Waals surface area contributed by atoms with E-state index in [4.69, 9.17) is 14.2 Å². The monoisotopic (exact) mass is 465 g/mol. The lowest BCUT2D eigenvalue weighted by Gasteiger charge is -2.23. The Labute approximate surface area is 194 Å². The molecule has 0 aliphatic heterocycles. The van der Waals surface area contributed by atoms with Gasteiger partial charge in [0.25, 0.3) is 0 Å². The van der Waals surface area contributed by atoms with E-state index < -0.39 is 13.1 Å². The van der Waals surface area contributed by atoms with Crippen LogP contribution in [0.3, 0.4) is 0 Å². The number of benzene rings is 2.